The molecular formula is C17H22N2O2. The summed E-state index contributed by atoms with van der Waals surface area (Å²) in [4.78, 5) is 14.6. The smallest absolute Gasteiger partial charge is 0.258 e. The molecule has 0 aliphatic heterocycles. The van der Waals surface area contributed by atoms with E-state index in [1.54, 1.807) is 4.90 Å². The van der Waals surface area contributed by atoms with Crippen LogP contribution in [-0.2, 0) is 6.54 Å². The first-order valence-electron chi connectivity index (χ1n) is 7.14. The average Bonchev–Trinajstić information content (AvgIpc) is 2.72. The van der Waals surface area contributed by atoms with Gasteiger partial charge in [-0.05, 0) is 26.3 Å². The van der Waals surface area contributed by atoms with Gasteiger partial charge in [0.15, 0.2) is 0 Å². The number of aryl methyl sites for hydroxylation is 2. The van der Waals surface area contributed by atoms with Gasteiger partial charge >= 0.3 is 0 Å². The van der Waals surface area contributed by atoms with E-state index in [2.05, 4.69) is 0 Å². The molecule has 0 unspecified atom stereocenters. The van der Waals surface area contributed by atoms with Crippen LogP contribution < -0.4 is 5.73 Å². The minimum absolute atomic E-state index is 0.0175. The van der Waals surface area contributed by atoms with Crippen molar-refractivity contribution in [2.24, 2.45) is 5.73 Å². The van der Waals surface area contributed by atoms with E-state index in [-0.39, 0.29) is 5.91 Å². The molecule has 0 saturated heterocycles. The molecule has 4 heteroatoms. The fourth-order valence-electron chi connectivity index (χ4n) is 2.48. The van der Waals surface area contributed by atoms with Gasteiger partial charge in [0.25, 0.3) is 5.91 Å². The second kappa shape index (κ2) is 6.59. The molecule has 4 nitrogen and oxygen atoms in total. The summed E-state index contributed by atoms with van der Waals surface area (Å²) in [6, 6.07) is 9.93. The second-order valence-corrected chi connectivity index (χ2v) is 5.22. The largest absolute Gasteiger partial charge is 0.466 e. The zero-order chi connectivity index (χ0) is 15.4. The molecule has 0 spiro atoms. The Morgan fingerprint density at radius 1 is 1.14 bits per heavy atom. The van der Waals surface area contributed by atoms with Crippen LogP contribution in [0.15, 0.2) is 34.7 Å². The van der Waals surface area contributed by atoms with Crippen LogP contribution in [0.4, 0.5) is 0 Å². The number of furan rings is 1. The van der Waals surface area contributed by atoms with Crippen molar-refractivity contribution < 1.29 is 9.21 Å². The van der Waals surface area contributed by atoms with E-state index < -0.39 is 0 Å². The first-order valence-corrected chi connectivity index (χ1v) is 7.14. The van der Waals surface area contributed by atoms with Crippen LogP contribution in [0, 0.1) is 20.8 Å². The fourth-order valence-corrected chi connectivity index (χ4v) is 2.48. The van der Waals surface area contributed by atoms with Crippen LogP contribution in [0.1, 0.15) is 33.0 Å². The Bertz CT molecular complexity index is 617. The van der Waals surface area contributed by atoms with Crippen LogP contribution in [0.2, 0.25) is 0 Å². The highest BCUT2D eigenvalue weighted by molar-refractivity contribution is 5.96. The van der Waals surface area contributed by atoms with E-state index in [0.29, 0.717) is 31.0 Å². The molecule has 1 amide bonds. The van der Waals surface area contributed by atoms with Gasteiger partial charge in [-0.3, -0.25) is 4.79 Å². The monoisotopic (exact) mass is 286 g/mol. The predicted octanol–water partition coefficient (Wildman–Crippen LogP) is 2.81. The van der Waals surface area contributed by atoms with E-state index in [0.717, 1.165) is 16.9 Å². The van der Waals surface area contributed by atoms with Crippen molar-refractivity contribution in [1.29, 1.82) is 0 Å². The zero-order valence-corrected chi connectivity index (χ0v) is 12.8. The van der Waals surface area contributed by atoms with E-state index in [1.165, 1.54) is 0 Å². The second-order valence-electron chi connectivity index (χ2n) is 5.22. The fraction of sp³-hybridized carbons (Fsp3) is 0.353. The summed E-state index contributed by atoms with van der Waals surface area (Å²) in [5.41, 5.74) is 8.33. The number of amides is 1. The number of carbonyl (C=O) groups is 1. The van der Waals surface area contributed by atoms with E-state index in [1.807, 2.05) is 51.1 Å². The molecule has 0 saturated carbocycles. The Kier molecular flexibility index (Phi) is 4.81. The maximum Gasteiger partial charge on any atom is 0.258 e. The summed E-state index contributed by atoms with van der Waals surface area (Å²) in [6.07, 6.45) is 0. The third-order valence-electron chi connectivity index (χ3n) is 3.68. The third-order valence-corrected chi connectivity index (χ3v) is 3.68. The van der Waals surface area contributed by atoms with Gasteiger partial charge in [0.2, 0.25) is 0 Å². The molecule has 2 N–H and O–H groups in total. The average molecular weight is 286 g/mol. The summed E-state index contributed by atoms with van der Waals surface area (Å²) in [5, 5.41) is 0. The Labute approximate surface area is 125 Å². The molecule has 1 aromatic carbocycles. The first-order chi connectivity index (χ1) is 10.0. The van der Waals surface area contributed by atoms with Crippen LogP contribution >= 0.6 is 0 Å². The van der Waals surface area contributed by atoms with Gasteiger partial charge in [-0.15, -0.1) is 0 Å². The van der Waals surface area contributed by atoms with Crippen molar-refractivity contribution in [2.45, 2.75) is 27.3 Å². The van der Waals surface area contributed by atoms with Gasteiger partial charge in [0.1, 0.15) is 11.5 Å². The summed E-state index contributed by atoms with van der Waals surface area (Å²) in [5.74, 6) is 1.45. The highest BCUT2D eigenvalue weighted by Crippen LogP contribution is 2.23. The minimum atomic E-state index is -0.0175. The standard InChI is InChI=1S/C17H22N2O2/c1-12-13(2)21-14(3)16(12)17(20)19(10-9-18)11-15-7-5-4-6-8-15/h4-8H,9-11,18H2,1-3H3. The van der Waals surface area contributed by atoms with Gasteiger partial charge in [-0.1, -0.05) is 30.3 Å². The molecule has 0 aliphatic carbocycles. The maximum atomic E-state index is 12.8. The van der Waals surface area contributed by atoms with Gasteiger partial charge in [0.05, 0.1) is 5.56 Å². The lowest BCUT2D eigenvalue weighted by Crippen LogP contribution is -2.35. The minimum Gasteiger partial charge on any atom is -0.466 e. The highest BCUT2D eigenvalue weighted by Gasteiger charge is 2.23. The summed E-state index contributed by atoms with van der Waals surface area (Å²) in [6.45, 7) is 7.15. The molecule has 0 fully saturated rings. The summed E-state index contributed by atoms with van der Waals surface area (Å²) >= 11 is 0. The highest BCUT2D eigenvalue weighted by atomic mass is 16.3. The molecule has 1 heterocycles. The van der Waals surface area contributed by atoms with Gasteiger partial charge in [0, 0.05) is 25.2 Å². The number of benzene rings is 1. The molecule has 21 heavy (non-hydrogen) atoms. The number of nitrogens with two attached hydrogens (primary N) is 1. The molecule has 0 aliphatic rings. The molecule has 0 atom stereocenters. The number of rotatable bonds is 5. The number of hydrogen-bond acceptors (Lipinski definition) is 3. The van der Waals surface area contributed by atoms with Gasteiger partial charge in [-0.2, -0.15) is 0 Å². The molecule has 2 aromatic rings. The van der Waals surface area contributed by atoms with Gasteiger partial charge in [-0.25, -0.2) is 0 Å². The van der Waals surface area contributed by atoms with Crippen molar-refractivity contribution in [1.82, 2.24) is 4.90 Å². The predicted molar refractivity (Wildman–Crippen MR) is 83.2 cm³/mol. The normalized spacial score (nSPS) is 10.7. The molecular weight excluding hydrogens is 264 g/mol. The van der Waals surface area contributed by atoms with Gasteiger partial charge < -0.3 is 15.1 Å². The molecule has 0 radical (unpaired) electrons. The quantitative estimate of drug-likeness (QED) is 0.919. The third kappa shape index (κ3) is 3.34. The number of nitrogens with zero attached hydrogens (tertiary/aromatic N) is 1. The van der Waals surface area contributed by atoms with Crippen LogP contribution in [0.5, 0.6) is 0 Å². The molecule has 0 bridgehead atoms. The summed E-state index contributed by atoms with van der Waals surface area (Å²) in [7, 11) is 0. The van der Waals surface area contributed by atoms with Crippen molar-refractivity contribution in [3.8, 4) is 0 Å². The molecule has 112 valence electrons. The van der Waals surface area contributed by atoms with Crippen molar-refractivity contribution >= 4 is 5.91 Å². The van der Waals surface area contributed by atoms with E-state index in [4.69, 9.17) is 10.2 Å². The van der Waals surface area contributed by atoms with Crippen molar-refractivity contribution in [2.75, 3.05) is 13.1 Å². The van der Waals surface area contributed by atoms with Crippen LogP contribution in [0.3, 0.4) is 0 Å². The molecule has 2 rings (SSSR count). The lowest BCUT2D eigenvalue weighted by atomic mass is 10.1. The maximum absolute atomic E-state index is 12.8. The van der Waals surface area contributed by atoms with Crippen LogP contribution in [0.25, 0.3) is 0 Å². The topological polar surface area (TPSA) is 59.5 Å². The van der Waals surface area contributed by atoms with Crippen molar-refractivity contribution in [3.05, 3.63) is 58.5 Å². The number of carbonyl (C=O) groups excluding carboxylic acids is 1. The Morgan fingerprint density at radius 3 is 2.33 bits per heavy atom. The SMILES string of the molecule is Cc1oc(C)c(C(=O)N(CCN)Cc2ccccc2)c1C. The zero-order valence-electron chi connectivity index (χ0n) is 12.8. The number of hydrogen-bond donors (Lipinski definition) is 1. The molecule has 1 aromatic heterocycles. The first kappa shape index (κ1) is 15.3. The Hall–Kier alpha value is -2.07. The lowest BCUT2D eigenvalue weighted by molar-refractivity contribution is 0.0746. The summed E-state index contributed by atoms with van der Waals surface area (Å²) < 4.78 is 5.57. The Morgan fingerprint density at radius 2 is 1.81 bits per heavy atom. The Balaban J connectivity index is 2.27. The lowest BCUT2D eigenvalue weighted by Gasteiger charge is -2.22. The van der Waals surface area contributed by atoms with Crippen LogP contribution in [-0.4, -0.2) is 23.9 Å². The van der Waals surface area contributed by atoms with Crippen molar-refractivity contribution in [3.63, 3.8) is 0 Å². The van der Waals surface area contributed by atoms with E-state index in [9.17, 15) is 4.79 Å². The van der Waals surface area contributed by atoms with E-state index >= 15 is 0 Å².